The summed E-state index contributed by atoms with van der Waals surface area (Å²) in [4.78, 5) is 0. The van der Waals surface area contributed by atoms with Crippen LogP contribution in [0.15, 0.2) is 69.5 Å². The minimum atomic E-state index is -3.29. The molecule has 4 rings (SSSR count). The van der Waals surface area contributed by atoms with Gasteiger partial charge < -0.3 is 0 Å². The average Bonchev–Trinajstić information content (AvgIpc) is 3.28. The van der Waals surface area contributed by atoms with Crippen LogP contribution in [0.1, 0.15) is 34.0 Å². The van der Waals surface area contributed by atoms with Crippen molar-refractivity contribution in [1.82, 2.24) is 0 Å². The molecule has 0 amide bonds. The van der Waals surface area contributed by atoms with Crippen molar-refractivity contribution in [2.45, 2.75) is 51.8 Å². The van der Waals surface area contributed by atoms with Crippen molar-refractivity contribution in [3.63, 3.8) is 0 Å². The number of fused-ring (bicyclic) bond motifs is 3. The summed E-state index contributed by atoms with van der Waals surface area (Å²) >= 11 is -3.29. The Kier molecular flexibility index (Phi) is 8.91. The maximum absolute atomic E-state index is 6.14. The van der Waals surface area contributed by atoms with E-state index in [1.807, 2.05) is 3.28 Å². The van der Waals surface area contributed by atoms with Gasteiger partial charge in [-0.15, -0.1) is 24.8 Å². The van der Waals surface area contributed by atoms with Crippen LogP contribution < -0.4 is 0 Å². The van der Waals surface area contributed by atoms with Gasteiger partial charge in [-0.05, 0) is 0 Å². The van der Waals surface area contributed by atoms with Crippen LogP contribution in [0, 0.1) is 0 Å². The molecule has 0 heterocycles. The number of halogens is 2. The number of rotatable bonds is 7. The Morgan fingerprint density at radius 1 is 0.938 bits per heavy atom. The number of hydrogen-bond acceptors (Lipinski definition) is 1. The third-order valence-corrected chi connectivity index (χ3v) is 25.2. The summed E-state index contributed by atoms with van der Waals surface area (Å²) in [5.74, 6) is 0. The Hall–Kier alpha value is -0.223. The second kappa shape index (κ2) is 10.2. The molecule has 0 saturated carbocycles. The Balaban J connectivity index is 0.00000181. The van der Waals surface area contributed by atoms with Gasteiger partial charge in [-0.1, -0.05) is 0 Å². The maximum atomic E-state index is 6.14. The molecule has 2 aliphatic carbocycles. The molecule has 0 fully saturated rings. The standard InChI is InChI=1S/C13H9.C11H19OSi.2CH3.2ClH.H2Si.Zr/c1-3-7-12-10(5-1)9-11-6-2-4-8-13(11)12;1-13(2,3)12-10-6-9-11-7-4-5-8-11;;;;;;/h1-9H;4,7H,5-6,9-10H2,1-3H3;2*1H3;2*1H;1H2;. The van der Waals surface area contributed by atoms with Crippen LogP contribution in [0.2, 0.25) is 28.9 Å². The maximum Gasteiger partial charge on any atom is -0.147 e. The van der Waals surface area contributed by atoms with Crippen LogP contribution in [0.5, 0.6) is 0 Å². The van der Waals surface area contributed by atoms with Gasteiger partial charge in [0.25, 0.3) is 0 Å². The van der Waals surface area contributed by atoms with Crippen LogP contribution in [0.25, 0.3) is 11.1 Å². The molecule has 0 aromatic heterocycles. The van der Waals surface area contributed by atoms with E-state index in [4.69, 9.17) is 4.43 Å². The van der Waals surface area contributed by atoms with E-state index in [9.17, 15) is 0 Å². The molecule has 2 aromatic carbocycles. The number of allylic oxidation sites excluding steroid dienone is 4. The molecule has 0 atom stereocenters. The van der Waals surface area contributed by atoms with Gasteiger partial charge in [-0.3, -0.25) is 0 Å². The largest absolute Gasteiger partial charge is 0.147 e. The summed E-state index contributed by atoms with van der Waals surface area (Å²) in [7, 11) is -1.42. The van der Waals surface area contributed by atoms with Crippen molar-refractivity contribution in [1.29, 1.82) is 0 Å². The van der Waals surface area contributed by atoms with E-state index in [1.54, 1.807) is 16.7 Å². The van der Waals surface area contributed by atoms with Gasteiger partial charge in [0, 0.05) is 0 Å². The molecule has 0 spiro atoms. The fourth-order valence-corrected chi connectivity index (χ4v) is 23.2. The SMILES string of the molecule is C[Si](C)(C)OCCCC1=[C]([Zr]([CH3])([CH3])(=[SiH2])[CH]2c3ccccc3-c3ccccc32)CC=C1.Cl.Cl. The van der Waals surface area contributed by atoms with Crippen LogP contribution in [0.4, 0.5) is 0 Å². The first-order valence-electron chi connectivity index (χ1n) is 11.4. The number of hydrogen-bond donors (Lipinski definition) is 0. The fraction of sp³-hybridized carbons (Fsp3) is 0.385. The molecule has 0 radical (unpaired) electrons. The van der Waals surface area contributed by atoms with Crippen molar-refractivity contribution in [2.24, 2.45) is 0 Å². The summed E-state index contributed by atoms with van der Waals surface area (Å²) in [6, 6.07) is 18.3. The van der Waals surface area contributed by atoms with Gasteiger partial charge in [-0.25, -0.2) is 0 Å². The molecule has 6 heteroatoms. The predicted molar refractivity (Wildman–Crippen MR) is 148 cm³/mol. The summed E-state index contributed by atoms with van der Waals surface area (Å²) in [5, 5.41) is 0. The first-order chi connectivity index (χ1) is 14.1. The molecule has 0 bridgehead atoms. The van der Waals surface area contributed by atoms with E-state index in [2.05, 4.69) is 96.5 Å². The summed E-state index contributed by atoms with van der Waals surface area (Å²) in [5.41, 5.74) is 7.70. The van der Waals surface area contributed by atoms with Crippen molar-refractivity contribution in [3.05, 3.63) is 80.7 Å². The molecule has 1 nitrogen and oxygen atoms in total. The molecule has 0 N–H and O–H groups in total. The van der Waals surface area contributed by atoms with Crippen molar-refractivity contribution in [2.75, 3.05) is 6.61 Å². The normalized spacial score (nSPS) is 15.8. The second-order valence-electron chi connectivity index (χ2n) is 11.1. The zero-order valence-electron chi connectivity index (χ0n) is 20.1. The first kappa shape index (κ1) is 28.0. The van der Waals surface area contributed by atoms with Crippen LogP contribution in [0.3, 0.4) is 0 Å². The average molecular weight is 585 g/mol. The van der Waals surface area contributed by atoms with E-state index in [0.717, 1.165) is 25.9 Å². The van der Waals surface area contributed by atoms with Gasteiger partial charge >= 0.3 is 187 Å². The Labute approximate surface area is 210 Å². The van der Waals surface area contributed by atoms with E-state index < -0.39 is 25.7 Å². The summed E-state index contributed by atoms with van der Waals surface area (Å²) < 4.78 is 13.9. The van der Waals surface area contributed by atoms with Gasteiger partial charge in [0.05, 0.1) is 0 Å². The molecule has 0 aliphatic heterocycles. The Morgan fingerprint density at radius 2 is 1.47 bits per heavy atom. The van der Waals surface area contributed by atoms with E-state index in [-0.39, 0.29) is 24.8 Å². The molecule has 2 aliphatic rings. The van der Waals surface area contributed by atoms with Crippen molar-refractivity contribution >= 4 is 40.0 Å². The smallest absolute Gasteiger partial charge is 0.147 e. The predicted octanol–water partition coefficient (Wildman–Crippen LogP) is 7.78. The zero-order valence-corrected chi connectivity index (χ0v) is 26.6. The van der Waals surface area contributed by atoms with Crippen LogP contribution >= 0.6 is 24.8 Å². The Morgan fingerprint density at radius 3 is 2.00 bits per heavy atom. The van der Waals surface area contributed by atoms with Crippen molar-refractivity contribution < 1.29 is 21.8 Å². The first-order valence-corrected chi connectivity index (χ1v) is 28.2. The van der Waals surface area contributed by atoms with E-state index in [0.29, 0.717) is 3.63 Å². The third kappa shape index (κ3) is 5.37. The molecular formula is C26H38Cl2OSi2Zr. The monoisotopic (exact) mass is 582 g/mol. The second-order valence-corrected chi connectivity index (χ2v) is 45.2. The van der Waals surface area contributed by atoms with E-state index in [1.165, 1.54) is 11.1 Å². The fourth-order valence-electron chi connectivity index (χ4n) is 5.62. The topological polar surface area (TPSA) is 9.23 Å². The summed E-state index contributed by atoms with van der Waals surface area (Å²) in [6.07, 6.45) is 8.32. The number of benzene rings is 2. The molecule has 2 aromatic rings. The Bertz CT molecular complexity index is 1060. The zero-order chi connectivity index (χ0) is 21.6. The van der Waals surface area contributed by atoms with Gasteiger partial charge in [0.15, 0.2) is 0 Å². The van der Waals surface area contributed by atoms with Crippen LogP contribution in [-0.4, -0.2) is 21.8 Å². The molecule has 0 unspecified atom stereocenters. The minimum Gasteiger partial charge on any atom is -0.147 e. The van der Waals surface area contributed by atoms with Gasteiger partial charge in [0.2, 0.25) is 0 Å². The van der Waals surface area contributed by atoms with Gasteiger partial charge in [0.1, 0.15) is 0 Å². The molecular weight excluding hydrogens is 547 g/mol. The van der Waals surface area contributed by atoms with Crippen molar-refractivity contribution in [3.8, 4) is 11.1 Å². The molecule has 32 heavy (non-hydrogen) atoms. The van der Waals surface area contributed by atoms with E-state index >= 15 is 0 Å². The van der Waals surface area contributed by atoms with Gasteiger partial charge in [-0.2, -0.15) is 0 Å². The van der Waals surface area contributed by atoms with Crippen LogP contribution in [-0.2, 0) is 21.8 Å². The minimum absolute atomic E-state index is 0. The molecule has 174 valence electrons. The summed E-state index contributed by atoms with van der Waals surface area (Å²) in [6.45, 7) is 10.2. The molecule has 0 saturated heterocycles. The third-order valence-electron chi connectivity index (χ3n) is 6.90. The quantitative estimate of drug-likeness (QED) is 0.239.